The third-order valence-electron chi connectivity index (χ3n) is 2.94. The molecule has 104 valence electrons. The van der Waals surface area contributed by atoms with Gasteiger partial charge in [0.25, 0.3) is 0 Å². The fourth-order valence-electron chi connectivity index (χ4n) is 1.86. The first kappa shape index (κ1) is 14.4. The van der Waals surface area contributed by atoms with Crippen molar-refractivity contribution in [2.45, 2.75) is 19.8 Å². The number of nitrogens with zero attached hydrogens (tertiary/aromatic N) is 3. The molecule has 0 aliphatic rings. The zero-order valence-corrected chi connectivity index (χ0v) is 12.8. The summed E-state index contributed by atoms with van der Waals surface area (Å²) in [6.07, 6.45) is 2.10. The number of rotatable bonds is 5. The van der Waals surface area contributed by atoms with E-state index in [-0.39, 0.29) is 0 Å². The molecule has 1 aromatic carbocycles. The minimum absolute atomic E-state index is 0.346. The molecule has 3 N–H and O–H groups in total. The Kier molecular flexibility index (Phi) is 4.64. The molecule has 5 nitrogen and oxygen atoms in total. The zero-order chi connectivity index (χ0) is 14.5. The van der Waals surface area contributed by atoms with Crippen molar-refractivity contribution in [3.05, 3.63) is 34.3 Å². The van der Waals surface area contributed by atoms with Crippen molar-refractivity contribution < 1.29 is 0 Å². The molecule has 0 aliphatic heterocycles. The fourth-order valence-corrected chi connectivity index (χ4v) is 2.31. The number of halogens is 1. The second kappa shape index (κ2) is 6.44. The van der Waals surface area contributed by atoms with Crippen LogP contribution in [0.5, 0.6) is 0 Å². The molecular weight excluding hydrogens is 318 g/mol. The molecule has 0 aliphatic carbocycles. The summed E-state index contributed by atoms with van der Waals surface area (Å²) in [4.78, 5) is 0. The van der Waals surface area contributed by atoms with Crippen molar-refractivity contribution in [2.24, 2.45) is 0 Å². The quantitative estimate of drug-likeness (QED) is 0.822. The van der Waals surface area contributed by atoms with E-state index < -0.39 is 0 Å². The number of nitriles is 1. The average Bonchev–Trinajstić information content (AvgIpc) is 2.76. The van der Waals surface area contributed by atoms with E-state index in [1.54, 1.807) is 4.68 Å². The summed E-state index contributed by atoms with van der Waals surface area (Å²) < 4.78 is 2.45. The molecule has 1 aromatic heterocycles. The minimum Gasteiger partial charge on any atom is -0.382 e. The lowest BCUT2D eigenvalue weighted by Crippen LogP contribution is -2.04. The molecule has 6 heteroatoms. The zero-order valence-electron chi connectivity index (χ0n) is 11.2. The maximum absolute atomic E-state index is 9.25. The van der Waals surface area contributed by atoms with Crippen LogP contribution in [0.2, 0.25) is 0 Å². The van der Waals surface area contributed by atoms with Gasteiger partial charge in [-0.2, -0.15) is 5.26 Å². The number of benzene rings is 1. The Bertz CT molecular complexity index is 641. The molecule has 0 unspecified atom stereocenters. The number of para-hydroxylation sites is 1. The van der Waals surface area contributed by atoms with Gasteiger partial charge < -0.3 is 11.1 Å². The topological polar surface area (TPSA) is 79.7 Å². The van der Waals surface area contributed by atoms with Crippen molar-refractivity contribution in [1.29, 1.82) is 5.26 Å². The van der Waals surface area contributed by atoms with Crippen LogP contribution in [0.3, 0.4) is 0 Å². The minimum atomic E-state index is 0.346. The normalized spacial score (nSPS) is 10.2. The van der Waals surface area contributed by atoms with Gasteiger partial charge in [-0.15, -0.1) is 5.10 Å². The number of anilines is 2. The lowest BCUT2D eigenvalue weighted by molar-refractivity contribution is 0.821. The van der Waals surface area contributed by atoms with E-state index in [0.29, 0.717) is 17.2 Å². The van der Waals surface area contributed by atoms with Crippen molar-refractivity contribution in [3.63, 3.8) is 0 Å². The molecule has 2 rings (SSSR count). The summed E-state index contributed by atoms with van der Waals surface area (Å²) in [6.45, 7) is 2.89. The molecule has 0 bridgehead atoms. The van der Waals surface area contributed by atoms with Gasteiger partial charge in [0, 0.05) is 11.0 Å². The summed E-state index contributed by atoms with van der Waals surface area (Å²) in [5.74, 6) is 0.882. The Balaban J connectivity index is 2.41. The van der Waals surface area contributed by atoms with Crippen molar-refractivity contribution in [3.8, 4) is 11.8 Å². The van der Waals surface area contributed by atoms with Gasteiger partial charge in [0.05, 0.1) is 5.69 Å². The Morgan fingerprint density at radius 2 is 2.20 bits per heavy atom. The van der Waals surface area contributed by atoms with Crippen LogP contribution in [0.4, 0.5) is 11.6 Å². The molecule has 0 atom stereocenters. The van der Waals surface area contributed by atoms with Crippen molar-refractivity contribution in [2.75, 3.05) is 17.6 Å². The Labute approximate surface area is 126 Å². The molecule has 0 saturated carbocycles. The highest BCUT2D eigenvalue weighted by atomic mass is 79.9. The van der Waals surface area contributed by atoms with E-state index >= 15 is 0 Å². The molecule has 0 amide bonds. The van der Waals surface area contributed by atoms with Crippen LogP contribution in [0, 0.1) is 11.3 Å². The summed E-state index contributed by atoms with van der Waals surface area (Å²) in [6, 6.07) is 9.73. The Morgan fingerprint density at radius 1 is 1.45 bits per heavy atom. The lowest BCUT2D eigenvalue weighted by Gasteiger charge is -2.05. The van der Waals surface area contributed by atoms with Crippen LogP contribution < -0.4 is 11.1 Å². The number of unbranched alkanes of at least 4 members (excludes halogenated alkanes) is 1. The standard InChI is InChI=1S/C14H16BrN5/c1-2-3-8-18-14-10(9-16)13(17)20(19-14)12-7-5-4-6-11(12)15/h4-7H,2-3,8,17H2,1H3,(H,18,19). The molecule has 0 saturated heterocycles. The largest absolute Gasteiger partial charge is 0.382 e. The highest BCUT2D eigenvalue weighted by molar-refractivity contribution is 9.10. The molecule has 1 heterocycles. The maximum atomic E-state index is 9.25. The molecule has 0 fully saturated rings. The van der Waals surface area contributed by atoms with Gasteiger partial charge in [0.2, 0.25) is 0 Å². The van der Waals surface area contributed by atoms with Crippen LogP contribution in [0.25, 0.3) is 5.69 Å². The van der Waals surface area contributed by atoms with Crippen LogP contribution >= 0.6 is 15.9 Å². The smallest absolute Gasteiger partial charge is 0.168 e. The van der Waals surface area contributed by atoms with Gasteiger partial charge >= 0.3 is 0 Å². The molecular formula is C14H16BrN5. The average molecular weight is 334 g/mol. The van der Waals surface area contributed by atoms with E-state index in [2.05, 4.69) is 39.3 Å². The first-order valence-corrected chi connectivity index (χ1v) is 7.25. The second-order valence-electron chi connectivity index (χ2n) is 4.36. The number of nitrogens with one attached hydrogen (secondary N) is 1. The Morgan fingerprint density at radius 3 is 2.85 bits per heavy atom. The van der Waals surface area contributed by atoms with E-state index in [9.17, 15) is 5.26 Å². The third-order valence-corrected chi connectivity index (χ3v) is 3.61. The van der Waals surface area contributed by atoms with Gasteiger partial charge in [-0.1, -0.05) is 25.5 Å². The highest BCUT2D eigenvalue weighted by Crippen LogP contribution is 2.28. The molecule has 2 aromatic rings. The molecule has 0 spiro atoms. The number of hydrogen-bond donors (Lipinski definition) is 2. The van der Waals surface area contributed by atoms with Gasteiger partial charge in [-0.3, -0.25) is 0 Å². The van der Waals surface area contributed by atoms with Crippen LogP contribution in [0.1, 0.15) is 25.3 Å². The highest BCUT2D eigenvalue weighted by Gasteiger charge is 2.17. The first-order valence-electron chi connectivity index (χ1n) is 6.46. The number of nitrogen functional groups attached to an aromatic ring is 1. The van der Waals surface area contributed by atoms with Crippen molar-refractivity contribution >= 4 is 27.6 Å². The van der Waals surface area contributed by atoms with Crippen LogP contribution in [-0.2, 0) is 0 Å². The van der Waals surface area contributed by atoms with E-state index in [1.165, 1.54) is 0 Å². The summed E-state index contributed by atoms with van der Waals surface area (Å²) in [5, 5.41) is 16.8. The van der Waals surface area contributed by atoms with Gasteiger partial charge in [-0.25, -0.2) is 4.68 Å². The van der Waals surface area contributed by atoms with Gasteiger partial charge in [0.1, 0.15) is 17.5 Å². The number of hydrogen-bond acceptors (Lipinski definition) is 4. The monoisotopic (exact) mass is 333 g/mol. The predicted octanol–water partition coefficient (Wildman–Crippen LogP) is 3.30. The third kappa shape index (κ3) is 2.78. The number of nitrogens with two attached hydrogens (primary N) is 1. The van der Waals surface area contributed by atoms with Crippen molar-refractivity contribution in [1.82, 2.24) is 9.78 Å². The van der Waals surface area contributed by atoms with E-state index in [4.69, 9.17) is 5.73 Å². The van der Waals surface area contributed by atoms with Crippen LogP contribution in [-0.4, -0.2) is 16.3 Å². The lowest BCUT2D eigenvalue weighted by atomic mass is 10.3. The second-order valence-corrected chi connectivity index (χ2v) is 5.22. The van der Waals surface area contributed by atoms with Crippen LogP contribution in [0.15, 0.2) is 28.7 Å². The molecule has 20 heavy (non-hydrogen) atoms. The molecule has 0 radical (unpaired) electrons. The fraction of sp³-hybridized carbons (Fsp3) is 0.286. The maximum Gasteiger partial charge on any atom is 0.168 e. The SMILES string of the molecule is CCCCNc1nn(-c2ccccc2Br)c(N)c1C#N. The first-order chi connectivity index (χ1) is 9.69. The summed E-state index contributed by atoms with van der Waals surface area (Å²) in [5.41, 5.74) is 7.23. The summed E-state index contributed by atoms with van der Waals surface area (Å²) >= 11 is 3.47. The predicted molar refractivity (Wildman–Crippen MR) is 83.8 cm³/mol. The van der Waals surface area contributed by atoms with Gasteiger partial charge in [-0.05, 0) is 34.5 Å². The van der Waals surface area contributed by atoms with Gasteiger partial charge in [0.15, 0.2) is 5.82 Å². The van der Waals surface area contributed by atoms with E-state index in [0.717, 1.165) is 29.5 Å². The van der Waals surface area contributed by atoms with E-state index in [1.807, 2.05) is 24.3 Å². The number of aromatic nitrogens is 2. The summed E-state index contributed by atoms with van der Waals surface area (Å²) in [7, 11) is 0. The Hall–Kier alpha value is -2.00.